The lowest BCUT2D eigenvalue weighted by Crippen LogP contribution is -2.05. The van der Waals surface area contributed by atoms with Crippen molar-refractivity contribution >= 4 is 5.69 Å². The van der Waals surface area contributed by atoms with Crippen molar-refractivity contribution in [3.05, 3.63) is 34.1 Å². The van der Waals surface area contributed by atoms with Gasteiger partial charge in [0.15, 0.2) is 5.82 Å². The summed E-state index contributed by atoms with van der Waals surface area (Å²) in [7, 11) is 0. The number of rotatable bonds is 1. The molecule has 0 aromatic carbocycles. The first-order valence-electron chi connectivity index (χ1n) is 3.92. The smallest absolute Gasteiger partial charge is 0.282 e. The van der Waals surface area contributed by atoms with Crippen molar-refractivity contribution in [3.8, 4) is 11.4 Å². The summed E-state index contributed by atoms with van der Waals surface area (Å²) in [6, 6.07) is 2.81. The lowest BCUT2D eigenvalue weighted by Gasteiger charge is -2.07. The molecule has 0 spiro atoms. The highest BCUT2D eigenvalue weighted by Gasteiger charge is 2.22. The van der Waals surface area contributed by atoms with Crippen LogP contribution in [0.5, 0.6) is 0 Å². The Hall–Kier alpha value is -2.11. The maximum Gasteiger partial charge on any atom is 0.282 e. The molecule has 0 aliphatic carbocycles. The second-order valence-electron chi connectivity index (χ2n) is 2.92. The summed E-state index contributed by atoms with van der Waals surface area (Å²) in [6.45, 7) is 1.57. The lowest BCUT2D eigenvalue weighted by atomic mass is 10.2. The minimum absolute atomic E-state index is 0.0414. The molecule has 0 atom stereocenters. The van der Waals surface area contributed by atoms with E-state index in [-0.39, 0.29) is 11.5 Å². The van der Waals surface area contributed by atoms with Crippen molar-refractivity contribution in [2.45, 2.75) is 6.92 Å². The van der Waals surface area contributed by atoms with Gasteiger partial charge in [0, 0.05) is 12.3 Å². The maximum atomic E-state index is 10.7. The molecule has 0 aromatic rings. The Labute approximate surface area is 78.9 Å². The molecule has 0 aromatic heterocycles. The molecule has 2 aliphatic heterocycles. The third-order valence-electron chi connectivity index (χ3n) is 2.03. The number of hydrogen-bond donors (Lipinski definition) is 1. The van der Waals surface area contributed by atoms with Gasteiger partial charge in [-0.2, -0.15) is 4.73 Å². The Morgan fingerprint density at radius 3 is 3.00 bits per heavy atom. The highest BCUT2D eigenvalue weighted by molar-refractivity contribution is 5.70. The van der Waals surface area contributed by atoms with Gasteiger partial charge in [-0.3, -0.25) is 10.1 Å². The summed E-state index contributed by atoms with van der Waals surface area (Å²) in [4.78, 5) is 14.0. The molecule has 6 nitrogen and oxygen atoms in total. The molecule has 0 saturated carbocycles. The summed E-state index contributed by atoms with van der Waals surface area (Å²) in [5.41, 5.74) is 0.673. The Morgan fingerprint density at radius 2 is 2.36 bits per heavy atom. The average Bonchev–Trinajstić information content (AvgIpc) is 2.59. The van der Waals surface area contributed by atoms with E-state index in [4.69, 9.17) is 0 Å². The molecule has 0 amide bonds. The van der Waals surface area contributed by atoms with Crippen LogP contribution in [-0.4, -0.2) is 19.8 Å². The van der Waals surface area contributed by atoms with E-state index >= 15 is 0 Å². The first kappa shape index (κ1) is 8.49. The monoisotopic (exact) mass is 193 g/mol. The van der Waals surface area contributed by atoms with Crippen LogP contribution in [0.3, 0.4) is 0 Å². The molecule has 72 valence electrons. The van der Waals surface area contributed by atoms with Crippen LogP contribution in [0.1, 0.15) is 5.69 Å². The normalized spacial score (nSPS) is 10.6. The van der Waals surface area contributed by atoms with Gasteiger partial charge in [0.2, 0.25) is 0 Å². The van der Waals surface area contributed by atoms with E-state index in [2.05, 4.69) is 4.98 Å². The molecule has 0 saturated heterocycles. The highest BCUT2D eigenvalue weighted by atomic mass is 16.6. The molecule has 14 heavy (non-hydrogen) atoms. The van der Waals surface area contributed by atoms with Crippen molar-refractivity contribution in [2.24, 2.45) is 0 Å². The molecule has 0 bridgehead atoms. The highest BCUT2D eigenvalue weighted by Crippen LogP contribution is 2.31. The molecule has 2 aliphatic rings. The molecule has 0 unspecified atom stereocenters. The van der Waals surface area contributed by atoms with Crippen molar-refractivity contribution in [2.75, 3.05) is 0 Å². The van der Waals surface area contributed by atoms with Gasteiger partial charge >= 0.3 is 0 Å². The molecular formula is C8H7N3O3. The lowest BCUT2D eigenvalue weighted by molar-refractivity contribution is -0.384. The quantitative estimate of drug-likeness (QED) is 0.422. The van der Waals surface area contributed by atoms with Gasteiger partial charge in [-0.05, 0) is 13.0 Å². The van der Waals surface area contributed by atoms with E-state index in [0.29, 0.717) is 11.3 Å². The van der Waals surface area contributed by atoms with Crippen LogP contribution in [0.4, 0.5) is 5.69 Å². The number of nitrogens with zero attached hydrogens (tertiary/aromatic N) is 3. The zero-order valence-electron chi connectivity index (χ0n) is 7.34. The Bertz CT molecular complexity index is 477. The van der Waals surface area contributed by atoms with Gasteiger partial charge in [-0.1, -0.05) is 0 Å². The zero-order chi connectivity index (χ0) is 10.3. The first-order chi connectivity index (χ1) is 6.61. The number of hydrogen-bond acceptors (Lipinski definition) is 4. The van der Waals surface area contributed by atoms with Crippen LogP contribution in [0.2, 0.25) is 0 Å². The van der Waals surface area contributed by atoms with Gasteiger partial charge in [0.05, 0.1) is 16.2 Å². The van der Waals surface area contributed by atoms with Crippen LogP contribution in [0.15, 0.2) is 18.3 Å². The van der Waals surface area contributed by atoms with E-state index in [1.165, 1.54) is 18.3 Å². The topological polar surface area (TPSA) is 81.2 Å². The van der Waals surface area contributed by atoms with E-state index in [0.717, 1.165) is 4.73 Å². The summed E-state index contributed by atoms with van der Waals surface area (Å²) in [6.07, 6.45) is 1.42. The zero-order valence-corrected chi connectivity index (χ0v) is 7.34. The molecule has 2 heterocycles. The summed E-state index contributed by atoms with van der Waals surface area (Å²) >= 11 is 0. The van der Waals surface area contributed by atoms with Crippen molar-refractivity contribution in [3.63, 3.8) is 0 Å². The van der Waals surface area contributed by atoms with E-state index in [1.54, 1.807) is 6.92 Å². The van der Waals surface area contributed by atoms with Gasteiger partial charge in [0.1, 0.15) is 0 Å². The van der Waals surface area contributed by atoms with Gasteiger partial charge in [-0.25, -0.2) is 4.98 Å². The summed E-state index contributed by atoms with van der Waals surface area (Å²) in [5.74, 6) is 0.205. The first-order valence-corrected chi connectivity index (χ1v) is 3.92. The van der Waals surface area contributed by atoms with Crippen LogP contribution < -0.4 is 0 Å². The van der Waals surface area contributed by atoms with Crippen molar-refractivity contribution < 1.29 is 10.1 Å². The number of aromatic nitrogens is 2. The van der Waals surface area contributed by atoms with Crippen molar-refractivity contribution in [1.82, 2.24) is 9.71 Å². The predicted molar refractivity (Wildman–Crippen MR) is 47.4 cm³/mol. The maximum absolute atomic E-state index is 10.7. The van der Waals surface area contributed by atoms with Crippen LogP contribution in [0.25, 0.3) is 11.4 Å². The molecule has 0 radical (unpaired) electrons. The number of pyridine rings is 1. The Morgan fingerprint density at radius 1 is 1.64 bits per heavy atom. The largest absolute Gasteiger partial charge is 0.427 e. The number of fused-ring (bicyclic) bond motifs is 1. The van der Waals surface area contributed by atoms with Crippen LogP contribution >= 0.6 is 0 Å². The average molecular weight is 193 g/mol. The molecule has 6 heteroatoms. The minimum atomic E-state index is -0.489. The number of nitro groups is 1. The third kappa shape index (κ3) is 1.00. The van der Waals surface area contributed by atoms with Gasteiger partial charge in [-0.15, -0.1) is 0 Å². The molecular weight excluding hydrogens is 186 g/mol. The number of aryl methyl sites for hydroxylation is 1. The second-order valence-corrected chi connectivity index (χ2v) is 2.92. The predicted octanol–water partition coefficient (Wildman–Crippen LogP) is 1.44. The van der Waals surface area contributed by atoms with Crippen LogP contribution in [-0.2, 0) is 0 Å². The molecule has 2 rings (SSSR count). The fourth-order valence-corrected chi connectivity index (χ4v) is 1.35. The third-order valence-corrected chi connectivity index (χ3v) is 2.03. The molecule has 1 N–H and O–H groups in total. The van der Waals surface area contributed by atoms with E-state index < -0.39 is 4.92 Å². The second kappa shape index (κ2) is 2.69. The minimum Gasteiger partial charge on any atom is -0.427 e. The SMILES string of the molecule is Cc1cc([N+](=O)[O-])c2ccnc-2n1O. The van der Waals surface area contributed by atoms with E-state index in [9.17, 15) is 15.3 Å². The fraction of sp³-hybridized carbons (Fsp3) is 0.125. The Kier molecular flexibility index (Phi) is 1.63. The summed E-state index contributed by atoms with van der Waals surface area (Å²) in [5, 5.41) is 20.1. The molecule has 0 fully saturated rings. The fourth-order valence-electron chi connectivity index (χ4n) is 1.35. The van der Waals surface area contributed by atoms with E-state index in [1.807, 2.05) is 0 Å². The van der Waals surface area contributed by atoms with Gasteiger partial charge < -0.3 is 5.21 Å². The van der Waals surface area contributed by atoms with Crippen molar-refractivity contribution in [1.29, 1.82) is 0 Å². The van der Waals surface area contributed by atoms with Crippen LogP contribution in [0, 0.1) is 17.0 Å². The standard InChI is InChI=1S/C8H7N3O3/c1-5-4-7(11(13)14)6-2-3-9-8(6)10(5)12/h2-4,12H,1H3. The Balaban J connectivity index is 2.82. The summed E-state index contributed by atoms with van der Waals surface area (Å²) < 4.78 is 0.836. The van der Waals surface area contributed by atoms with Gasteiger partial charge in [0.25, 0.3) is 5.69 Å².